The lowest BCUT2D eigenvalue weighted by molar-refractivity contribution is -0.142. The van der Waals surface area contributed by atoms with E-state index in [1.807, 2.05) is 45.0 Å². The number of benzene rings is 1. The van der Waals surface area contributed by atoms with Crippen LogP contribution in [-0.4, -0.2) is 35.4 Å². The van der Waals surface area contributed by atoms with Crippen LogP contribution in [0.5, 0.6) is 0 Å². The molecule has 0 saturated carbocycles. The van der Waals surface area contributed by atoms with Crippen LogP contribution < -0.4 is 5.73 Å². The van der Waals surface area contributed by atoms with Crippen LogP contribution in [0.4, 0.5) is 4.79 Å². The van der Waals surface area contributed by atoms with Crippen LogP contribution in [0.1, 0.15) is 26.3 Å². The van der Waals surface area contributed by atoms with Gasteiger partial charge in [0.25, 0.3) is 0 Å². The minimum absolute atomic E-state index is 0.336. The summed E-state index contributed by atoms with van der Waals surface area (Å²) < 4.78 is 11.5. The van der Waals surface area contributed by atoms with Crippen molar-refractivity contribution in [1.29, 1.82) is 0 Å². The zero-order valence-corrected chi connectivity index (χ0v) is 13.8. The molecule has 0 radical (unpaired) electrons. The highest BCUT2D eigenvalue weighted by Crippen LogP contribution is 2.22. The lowest BCUT2D eigenvalue weighted by atomic mass is 10.0. The van der Waals surface area contributed by atoms with Crippen molar-refractivity contribution in [2.45, 2.75) is 38.8 Å². The molecule has 1 atom stereocenters. The third-order valence-corrected chi connectivity index (χ3v) is 3.36. The highest BCUT2D eigenvalue weighted by atomic mass is 16.6. The molecule has 0 spiro atoms. The molecule has 0 fully saturated rings. The average Bonchev–Trinajstić information content (AvgIpc) is 2.89. The van der Waals surface area contributed by atoms with Gasteiger partial charge in [0.2, 0.25) is 0 Å². The quantitative estimate of drug-likeness (QED) is 0.879. The second kappa shape index (κ2) is 6.42. The lowest BCUT2D eigenvalue weighted by Crippen LogP contribution is -2.33. The van der Waals surface area contributed by atoms with Gasteiger partial charge in [-0.05, 0) is 44.9 Å². The predicted molar refractivity (Wildman–Crippen MR) is 87.3 cm³/mol. The molecule has 2 N–H and O–H groups in total. The van der Waals surface area contributed by atoms with E-state index in [0.717, 1.165) is 10.9 Å². The number of aromatic nitrogens is 1. The molecule has 2 rings (SSSR count). The summed E-state index contributed by atoms with van der Waals surface area (Å²) in [5.74, 6) is -0.464. The van der Waals surface area contributed by atoms with Gasteiger partial charge in [0.1, 0.15) is 11.6 Å². The highest BCUT2D eigenvalue weighted by Gasteiger charge is 2.21. The van der Waals surface area contributed by atoms with Gasteiger partial charge in [-0.2, -0.15) is 0 Å². The summed E-state index contributed by atoms with van der Waals surface area (Å²) in [6.07, 6.45) is 1.55. The van der Waals surface area contributed by atoms with Gasteiger partial charge in [-0.1, -0.05) is 12.1 Å². The van der Waals surface area contributed by atoms with Crippen LogP contribution in [0.3, 0.4) is 0 Å². The molecule has 0 aliphatic rings. The van der Waals surface area contributed by atoms with E-state index in [1.54, 1.807) is 6.20 Å². The first-order chi connectivity index (χ1) is 10.7. The third-order valence-electron chi connectivity index (χ3n) is 3.36. The second-order valence-corrected chi connectivity index (χ2v) is 6.35. The molecule has 0 bridgehead atoms. The summed E-state index contributed by atoms with van der Waals surface area (Å²) >= 11 is 0. The number of methoxy groups -OCH3 is 1. The first-order valence-electron chi connectivity index (χ1n) is 7.38. The summed E-state index contributed by atoms with van der Waals surface area (Å²) in [7, 11) is 1.31. The van der Waals surface area contributed by atoms with Crippen molar-refractivity contribution in [3.05, 3.63) is 36.0 Å². The van der Waals surface area contributed by atoms with Gasteiger partial charge < -0.3 is 15.2 Å². The van der Waals surface area contributed by atoms with Gasteiger partial charge in [0, 0.05) is 11.6 Å². The van der Waals surface area contributed by atoms with E-state index in [4.69, 9.17) is 10.5 Å². The Bertz CT molecular complexity index is 728. The smallest absolute Gasteiger partial charge is 0.418 e. The molecule has 1 aromatic carbocycles. The Morgan fingerprint density at radius 3 is 2.57 bits per heavy atom. The zero-order chi connectivity index (χ0) is 17.2. The summed E-state index contributed by atoms with van der Waals surface area (Å²) in [6, 6.07) is 6.61. The van der Waals surface area contributed by atoms with Crippen LogP contribution in [-0.2, 0) is 20.7 Å². The number of hydrogen-bond donors (Lipinski definition) is 1. The molecule has 0 amide bonds. The number of nitrogens with two attached hydrogens (primary N) is 1. The maximum Gasteiger partial charge on any atom is 0.418 e. The van der Waals surface area contributed by atoms with Crippen molar-refractivity contribution in [2.24, 2.45) is 5.73 Å². The molecule has 6 nitrogen and oxygen atoms in total. The molecule has 1 aromatic heterocycles. The van der Waals surface area contributed by atoms with Gasteiger partial charge in [-0.3, -0.25) is 9.36 Å². The number of nitrogens with zero attached hydrogens (tertiary/aromatic N) is 1. The van der Waals surface area contributed by atoms with Crippen LogP contribution in [0.15, 0.2) is 30.5 Å². The van der Waals surface area contributed by atoms with Crippen molar-refractivity contribution < 1.29 is 19.1 Å². The first-order valence-corrected chi connectivity index (χ1v) is 7.38. The predicted octanol–water partition coefficient (Wildman–Crippen LogP) is 2.47. The van der Waals surface area contributed by atoms with E-state index in [2.05, 4.69) is 4.74 Å². The Kier molecular flexibility index (Phi) is 4.75. The largest absolute Gasteiger partial charge is 0.468 e. The summed E-state index contributed by atoms with van der Waals surface area (Å²) in [4.78, 5) is 23.8. The lowest BCUT2D eigenvalue weighted by Gasteiger charge is -2.19. The first kappa shape index (κ1) is 17.0. The Morgan fingerprint density at radius 1 is 1.26 bits per heavy atom. The molecule has 0 saturated heterocycles. The van der Waals surface area contributed by atoms with Gasteiger partial charge in [0.05, 0.1) is 12.6 Å². The second-order valence-electron chi connectivity index (χ2n) is 6.35. The van der Waals surface area contributed by atoms with Crippen LogP contribution in [0.25, 0.3) is 10.9 Å². The van der Waals surface area contributed by atoms with Crippen molar-refractivity contribution in [1.82, 2.24) is 4.57 Å². The summed E-state index contributed by atoms with van der Waals surface area (Å²) in [6.45, 7) is 5.45. The molecule has 0 aliphatic heterocycles. The normalized spacial score (nSPS) is 12.9. The minimum atomic E-state index is -0.740. The number of ether oxygens (including phenoxy) is 2. The van der Waals surface area contributed by atoms with E-state index in [9.17, 15) is 9.59 Å². The zero-order valence-electron chi connectivity index (χ0n) is 13.8. The minimum Gasteiger partial charge on any atom is -0.468 e. The van der Waals surface area contributed by atoms with Gasteiger partial charge in [-0.15, -0.1) is 0 Å². The molecule has 124 valence electrons. The summed E-state index contributed by atoms with van der Waals surface area (Å²) in [5.41, 5.74) is 6.85. The Hall–Kier alpha value is -2.34. The van der Waals surface area contributed by atoms with E-state index < -0.39 is 23.7 Å². The summed E-state index contributed by atoms with van der Waals surface area (Å²) in [5, 5.41) is 0.859. The van der Waals surface area contributed by atoms with E-state index in [-0.39, 0.29) is 0 Å². The molecular weight excluding hydrogens is 296 g/mol. The number of carbonyl (C=O) groups excluding carboxylic acids is 2. The van der Waals surface area contributed by atoms with Crippen molar-refractivity contribution >= 4 is 23.0 Å². The number of carbonyl (C=O) groups is 2. The molecular formula is C17H22N2O4. The van der Waals surface area contributed by atoms with Gasteiger partial charge in [-0.25, -0.2) is 4.79 Å². The number of rotatable bonds is 3. The SMILES string of the molecule is COC(=O)[C@@H](N)Cc1cccc2c1ccn2C(=O)OC(C)(C)C. The highest BCUT2D eigenvalue weighted by molar-refractivity contribution is 5.92. The van der Waals surface area contributed by atoms with Crippen molar-refractivity contribution in [2.75, 3.05) is 7.11 Å². The molecule has 6 heteroatoms. The fourth-order valence-electron chi connectivity index (χ4n) is 2.35. The molecule has 0 aliphatic carbocycles. The standard InChI is InChI=1S/C17H22N2O4/c1-17(2,3)23-16(21)19-9-8-12-11(6-5-7-14(12)19)10-13(18)15(20)22-4/h5-9,13H,10,18H2,1-4H3/t13-/m0/s1. The Balaban J connectivity index is 2.34. The number of hydrogen-bond acceptors (Lipinski definition) is 5. The fourth-order valence-corrected chi connectivity index (χ4v) is 2.35. The number of fused-ring (bicyclic) bond motifs is 1. The topological polar surface area (TPSA) is 83.5 Å². The van der Waals surface area contributed by atoms with E-state index in [0.29, 0.717) is 11.9 Å². The van der Waals surface area contributed by atoms with Crippen molar-refractivity contribution in [3.8, 4) is 0 Å². The van der Waals surface area contributed by atoms with Crippen LogP contribution >= 0.6 is 0 Å². The van der Waals surface area contributed by atoms with Crippen molar-refractivity contribution in [3.63, 3.8) is 0 Å². The Labute approximate surface area is 135 Å². The van der Waals surface area contributed by atoms with Crippen LogP contribution in [0.2, 0.25) is 0 Å². The number of esters is 1. The van der Waals surface area contributed by atoms with E-state index >= 15 is 0 Å². The monoisotopic (exact) mass is 318 g/mol. The Morgan fingerprint density at radius 2 is 1.96 bits per heavy atom. The third kappa shape index (κ3) is 3.90. The maximum atomic E-state index is 12.3. The van der Waals surface area contributed by atoms with Crippen LogP contribution in [0, 0.1) is 0 Å². The molecule has 0 unspecified atom stereocenters. The van der Waals surface area contributed by atoms with Gasteiger partial charge in [0.15, 0.2) is 0 Å². The molecule has 2 aromatic rings. The molecule has 1 heterocycles. The molecule has 23 heavy (non-hydrogen) atoms. The average molecular weight is 318 g/mol. The van der Waals surface area contributed by atoms with Gasteiger partial charge >= 0.3 is 12.1 Å². The maximum absolute atomic E-state index is 12.3. The fraction of sp³-hybridized carbons (Fsp3) is 0.412. The van der Waals surface area contributed by atoms with E-state index in [1.165, 1.54) is 11.7 Å².